The molecule has 0 saturated heterocycles. The number of nitrogens with zero attached hydrogens (tertiary/aromatic N) is 2. The van der Waals surface area contributed by atoms with Crippen LogP contribution >= 0.6 is 24.0 Å². The molecule has 2 aromatic carbocycles. The van der Waals surface area contributed by atoms with Crippen LogP contribution in [0.5, 0.6) is 0 Å². The third-order valence-corrected chi connectivity index (χ3v) is 3.64. The van der Waals surface area contributed by atoms with E-state index in [2.05, 4.69) is 27.8 Å². The maximum atomic E-state index is 11.0. The molecule has 25 heavy (non-hydrogen) atoms. The van der Waals surface area contributed by atoms with Gasteiger partial charge in [-0.15, -0.1) is 24.0 Å². The number of hydrogen-bond acceptors (Lipinski definition) is 3. The third-order valence-electron chi connectivity index (χ3n) is 3.64. The van der Waals surface area contributed by atoms with Crippen molar-refractivity contribution in [3.63, 3.8) is 0 Å². The van der Waals surface area contributed by atoms with E-state index in [1.807, 2.05) is 18.2 Å². The fraction of sp³-hybridized carbons (Fsp3) is 0.278. The van der Waals surface area contributed by atoms with Gasteiger partial charge in [-0.05, 0) is 18.4 Å². The van der Waals surface area contributed by atoms with E-state index in [-0.39, 0.29) is 34.6 Å². The highest BCUT2D eigenvalue weighted by Crippen LogP contribution is 2.16. The summed E-state index contributed by atoms with van der Waals surface area (Å²) < 4.78 is 0. The third kappa shape index (κ3) is 7.08. The fourth-order valence-electron chi connectivity index (χ4n) is 2.38. The van der Waals surface area contributed by atoms with Gasteiger partial charge in [0.1, 0.15) is 0 Å². The summed E-state index contributed by atoms with van der Waals surface area (Å²) in [5.41, 5.74) is 2.06. The van der Waals surface area contributed by atoms with E-state index in [1.54, 1.807) is 25.2 Å². The van der Waals surface area contributed by atoms with Gasteiger partial charge in [0.25, 0.3) is 5.69 Å². The normalized spacial score (nSPS) is 10.7. The predicted octanol–water partition coefficient (Wildman–Crippen LogP) is 3.51. The van der Waals surface area contributed by atoms with E-state index < -0.39 is 0 Å². The summed E-state index contributed by atoms with van der Waals surface area (Å²) in [4.78, 5) is 14.8. The lowest BCUT2D eigenvalue weighted by atomic mass is 10.1. The van der Waals surface area contributed by atoms with Crippen LogP contribution in [0.1, 0.15) is 17.5 Å². The molecule has 0 aromatic heterocycles. The summed E-state index contributed by atoms with van der Waals surface area (Å²) in [6.07, 6.45) is 1.98. The molecule has 0 aliphatic carbocycles. The van der Waals surface area contributed by atoms with Crippen molar-refractivity contribution < 1.29 is 4.92 Å². The van der Waals surface area contributed by atoms with Gasteiger partial charge in [0.05, 0.1) is 4.92 Å². The Morgan fingerprint density at radius 3 is 2.44 bits per heavy atom. The molecule has 0 radical (unpaired) electrons. The Morgan fingerprint density at radius 1 is 1.08 bits per heavy atom. The van der Waals surface area contributed by atoms with E-state index in [9.17, 15) is 10.1 Å². The molecule has 0 spiro atoms. The van der Waals surface area contributed by atoms with E-state index in [0.29, 0.717) is 18.1 Å². The Labute approximate surface area is 164 Å². The molecule has 0 atom stereocenters. The van der Waals surface area contributed by atoms with Crippen LogP contribution in [0.15, 0.2) is 59.6 Å². The van der Waals surface area contributed by atoms with Crippen molar-refractivity contribution in [3.8, 4) is 0 Å². The van der Waals surface area contributed by atoms with Crippen molar-refractivity contribution in [2.75, 3.05) is 13.6 Å². The maximum Gasteiger partial charge on any atom is 0.274 e. The SMILES string of the molecule is CN=C(NCCCc1ccccc1)NCc1ccccc1[N+](=O)[O-].I. The Hall–Kier alpha value is -2.16. The zero-order valence-electron chi connectivity index (χ0n) is 14.1. The van der Waals surface area contributed by atoms with Crippen LogP contribution in [0, 0.1) is 10.1 Å². The number of para-hydroxylation sites is 1. The average molecular weight is 454 g/mol. The molecule has 7 heteroatoms. The number of nitro groups is 1. The quantitative estimate of drug-likeness (QED) is 0.168. The van der Waals surface area contributed by atoms with Gasteiger partial charge in [-0.3, -0.25) is 15.1 Å². The molecular weight excluding hydrogens is 431 g/mol. The average Bonchev–Trinajstić information content (AvgIpc) is 2.62. The second kappa shape index (κ2) is 11.4. The minimum absolute atomic E-state index is 0. The first-order valence-electron chi connectivity index (χ1n) is 7.91. The second-order valence-electron chi connectivity index (χ2n) is 5.33. The minimum atomic E-state index is -0.368. The second-order valence-corrected chi connectivity index (χ2v) is 5.33. The van der Waals surface area contributed by atoms with Crippen molar-refractivity contribution >= 4 is 35.6 Å². The summed E-state index contributed by atoms with van der Waals surface area (Å²) in [6, 6.07) is 17.0. The number of aryl methyl sites for hydroxylation is 1. The molecule has 0 saturated carbocycles. The molecule has 134 valence electrons. The van der Waals surface area contributed by atoms with E-state index in [0.717, 1.165) is 19.4 Å². The maximum absolute atomic E-state index is 11.0. The van der Waals surface area contributed by atoms with Crippen molar-refractivity contribution in [3.05, 3.63) is 75.8 Å². The number of hydrogen-bond donors (Lipinski definition) is 2. The van der Waals surface area contributed by atoms with Gasteiger partial charge in [0.2, 0.25) is 0 Å². The van der Waals surface area contributed by atoms with Gasteiger partial charge in [-0.25, -0.2) is 0 Å². The molecule has 6 nitrogen and oxygen atoms in total. The summed E-state index contributed by atoms with van der Waals surface area (Å²) in [6.45, 7) is 1.14. The molecule has 0 bridgehead atoms. The zero-order valence-corrected chi connectivity index (χ0v) is 16.5. The van der Waals surface area contributed by atoms with Crippen molar-refractivity contribution in [1.82, 2.24) is 10.6 Å². The first kappa shape index (κ1) is 20.9. The van der Waals surface area contributed by atoms with Gasteiger partial charge < -0.3 is 10.6 Å². The van der Waals surface area contributed by atoms with Gasteiger partial charge in [-0.1, -0.05) is 48.5 Å². The molecule has 0 aliphatic heterocycles. The highest BCUT2D eigenvalue weighted by Gasteiger charge is 2.12. The van der Waals surface area contributed by atoms with Gasteiger partial charge in [0, 0.05) is 31.8 Å². The molecule has 0 amide bonds. The van der Waals surface area contributed by atoms with Gasteiger partial charge in [-0.2, -0.15) is 0 Å². The zero-order chi connectivity index (χ0) is 17.2. The van der Waals surface area contributed by atoms with E-state index in [4.69, 9.17) is 0 Å². The van der Waals surface area contributed by atoms with Gasteiger partial charge in [0.15, 0.2) is 5.96 Å². The molecule has 0 unspecified atom stereocenters. The lowest BCUT2D eigenvalue weighted by Crippen LogP contribution is -2.37. The lowest BCUT2D eigenvalue weighted by Gasteiger charge is -2.12. The first-order chi connectivity index (χ1) is 11.7. The number of nitro benzene ring substituents is 1. The lowest BCUT2D eigenvalue weighted by molar-refractivity contribution is -0.385. The smallest absolute Gasteiger partial charge is 0.274 e. The number of halogens is 1. The molecule has 0 heterocycles. The topological polar surface area (TPSA) is 79.6 Å². The molecule has 2 aromatic rings. The predicted molar refractivity (Wildman–Crippen MR) is 111 cm³/mol. The fourth-order valence-corrected chi connectivity index (χ4v) is 2.38. The standard InChI is InChI=1S/C18H22N4O2.HI/c1-19-18(20-13-7-10-15-8-3-2-4-9-15)21-14-16-11-5-6-12-17(16)22(23)24;/h2-6,8-9,11-12H,7,10,13-14H2,1H3,(H2,19,20,21);1H. The first-order valence-corrected chi connectivity index (χ1v) is 7.91. The van der Waals surface area contributed by atoms with Crippen LogP contribution in [0.2, 0.25) is 0 Å². The largest absolute Gasteiger partial charge is 0.356 e. The van der Waals surface area contributed by atoms with Gasteiger partial charge >= 0.3 is 0 Å². The minimum Gasteiger partial charge on any atom is -0.356 e. The summed E-state index contributed by atoms with van der Waals surface area (Å²) >= 11 is 0. The van der Waals surface area contributed by atoms with Crippen LogP contribution in [0.4, 0.5) is 5.69 Å². The summed E-state index contributed by atoms with van der Waals surface area (Å²) in [5.74, 6) is 0.640. The Bertz CT molecular complexity index is 692. The number of benzene rings is 2. The van der Waals surface area contributed by atoms with Crippen LogP contribution in [0.3, 0.4) is 0 Å². The van der Waals surface area contributed by atoms with Crippen molar-refractivity contribution in [2.45, 2.75) is 19.4 Å². The van der Waals surface area contributed by atoms with Crippen LogP contribution in [-0.2, 0) is 13.0 Å². The highest BCUT2D eigenvalue weighted by molar-refractivity contribution is 14.0. The molecule has 2 N–H and O–H groups in total. The Balaban J connectivity index is 0.00000312. The number of rotatable bonds is 7. The Morgan fingerprint density at radius 2 is 1.76 bits per heavy atom. The molecule has 0 fully saturated rings. The van der Waals surface area contributed by atoms with E-state index in [1.165, 1.54) is 11.6 Å². The summed E-state index contributed by atoms with van der Waals surface area (Å²) in [5, 5.41) is 17.4. The van der Waals surface area contributed by atoms with E-state index >= 15 is 0 Å². The molecule has 2 rings (SSSR count). The molecular formula is C18H23IN4O2. The number of aliphatic imine (C=N–C) groups is 1. The van der Waals surface area contributed by atoms with Crippen LogP contribution < -0.4 is 10.6 Å². The number of guanidine groups is 1. The monoisotopic (exact) mass is 454 g/mol. The van der Waals surface area contributed by atoms with Crippen molar-refractivity contribution in [1.29, 1.82) is 0 Å². The summed E-state index contributed by atoms with van der Waals surface area (Å²) in [7, 11) is 1.69. The Kier molecular flexibility index (Phi) is 9.53. The highest BCUT2D eigenvalue weighted by atomic mass is 127. The molecule has 0 aliphatic rings. The number of nitrogens with one attached hydrogen (secondary N) is 2. The van der Waals surface area contributed by atoms with Crippen molar-refractivity contribution in [2.24, 2.45) is 4.99 Å². The van der Waals surface area contributed by atoms with Crippen LogP contribution in [-0.4, -0.2) is 24.5 Å². The van der Waals surface area contributed by atoms with Crippen LogP contribution in [0.25, 0.3) is 0 Å².